The molecule has 3 atom stereocenters. The number of nitrogens with one attached hydrogen (secondary N) is 1. The molecule has 19 heavy (non-hydrogen) atoms. The average molecular weight is 259 g/mol. The second-order valence-corrected chi connectivity index (χ2v) is 6.73. The molecule has 0 bridgehead atoms. The van der Waals surface area contributed by atoms with E-state index in [2.05, 4.69) is 52.1 Å². The molecule has 1 aliphatic carbocycles. The van der Waals surface area contributed by atoms with Crippen LogP contribution in [-0.4, -0.2) is 6.54 Å². The zero-order valence-corrected chi connectivity index (χ0v) is 13.2. The first-order valence-electron chi connectivity index (χ1n) is 7.78. The maximum atomic E-state index is 3.76. The maximum Gasteiger partial charge on any atom is 0.0297 e. The van der Waals surface area contributed by atoms with Gasteiger partial charge in [-0.1, -0.05) is 31.0 Å². The molecule has 1 N–H and O–H groups in total. The van der Waals surface area contributed by atoms with Gasteiger partial charge in [-0.25, -0.2) is 0 Å². The molecule has 0 amide bonds. The lowest BCUT2D eigenvalue weighted by Crippen LogP contribution is -2.25. The molecule has 2 rings (SSSR count). The van der Waals surface area contributed by atoms with Crippen LogP contribution in [-0.2, 0) is 0 Å². The molecule has 0 radical (unpaired) electrons. The Hall–Kier alpha value is -0.820. The lowest BCUT2D eigenvalue weighted by atomic mass is 9.94. The van der Waals surface area contributed by atoms with Gasteiger partial charge in [0.2, 0.25) is 0 Å². The molecule has 0 spiro atoms. The van der Waals surface area contributed by atoms with Crippen molar-refractivity contribution >= 4 is 0 Å². The van der Waals surface area contributed by atoms with Crippen LogP contribution in [0.2, 0.25) is 0 Å². The molecule has 0 heterocycles. The van der Waals surface area contributed by atoms with Crippen molar-refractivity contribution in [2.75, 3.05) is 6.54 Å². The van der Waals surface area contributed by atoms with E-state index in [1.54, 1.807) is 0 Å². The molecule has 1 aromatic rings. The van der Waals surface area contributed by atoms with E-state index in [0.29, 0.717) is 6.04 Å². The second-order valence-electron chi connectivity index (χ2n) is 6.73. The van der Waals surface area contributed by atoms with Crippen LogP contribution in [0, 0.1) is 32.6 Å². The van der Waals surface area contributed by atoms with E-state index >= 15 is 0 Å². The van der Waals surface area contributed by atoms with Crippen LogP contribution >= 0.6 is 0 Å². The fraction of sp³-hybridized carbons (Fsp3) is 0.667. The molecule has 106 valence electrons. The van der Waals surface area contributed by atoms with E-state index in [0.717, 1.165) is 11.8 Å². The van der Waals surface area contributed by atoms with Crippen LogP contribution in [0.5, 0.6) is 0 Å². The number of aryl methyl sites for hydroxylation is 3. The summed E-state index contributed by atoms with van der Waals surface area (Å²) in [5.74, 6) is 1.83. The molecule has 0 aliphatic heterocycles. The van der Waals surface area contributed by atoms with E-state index in [-0.39, 0.29) is 0 Å². The summed E-state index contributed by atoms with van der Waals surface area (Å²) in [7, 11) is 0. The van der Waals surface area contributed by atoms with E-state index < -0.39 is 0 Å². The van der Waals surface area contributed by atoms with E-state index in [1.165, 1.54) is 48.1 Å². The molecule has 1 aliphatic rings. The van der Waals surface area contributed by atoms with Gasteiger partial charge < -0.3 is 5.32 Å². The Labute approximate surface area is 118 Å². The summed E-state index contributed by atoms with van der Waals surface area (Å²) in [6, 6.07) is 5.08. The van der Waals surface area contributed by atoms with Crippen molar-refractivity contribution in [2.45, 2.75) is 59.9 Å². The van der Waals surface area contributed by atoms with Gasteiger partial charge in [0.15, 0.2) is 0 Å². The maximum absolute atomic E-state index is 3.76. The molecule has 1 aromatic carbocycles. The van der Waals surface area contributed by atoms with E-state index in [9.17, 15) is 0 Å². The Morgan fingerprint density at radius 3 is 2.32 bits per heavy atom. The van der Waals surface area contributed by atoms with Crippen molar-refractivity contribution in [1.82, 2.24) is 5.32 Å². The number of rotatable bonds is 4. The Balaban J connectivity index is 1.98. The fourth-order valence-corrected chi connectivity index (χ4v) is 3.83. The minimum Gasteiger partial charge on any atom is -0.310 e. The van der Waals surface area contributed by atoms with Crippen LogP contribution in [0.3, 0.4) is 0 Å². The van der Waals surface area contributed by atoms with Gasteiger partial charge in [0.05, 0.1) is 0 Å². The average Bonchev–Trinajstić information content (AvgIpc) is 2.71. The predicted octanol–water partition coefficient (Wildman–Crippen LogP) is 4.70. The first-order valence-corrected chi connectivity index (χ1v) is 7.78. The van der Waals surface area contributed by atoms with Crippen molar-refractivity contribution in [3.05, 3.63) is 34.4 Å². The molecular weight excluding hydrogens is 230 g/mol. The normalized spacial score (nSPS) is 24.7. The van der Waals surface area contributed by atoms with Gasteiger partial charge in [-0.15, -0.1) is 0 Å². The first kappa shape index (κ1) is 14.6. The summed E-state index contributed by atoms with van der Waals surface area (Å²) in [5.41, 5.74) is 5.72. The van der Waals surface area contributed by atoms with Crippen molar-refractivity contribution in [1.29, 1.82) is 0 Å². The van der Waals surface area contributed by atoms with Crippen LogP contribution in [0.4, 0.5) is 0 Å². The highest BCUT2D eigenvalue weighted by Crippen LogP contribution is 2.30. The number of benzene rings is 1. The summed E-state index contributed by atoms with van der Waals surface area (Å²) in [6.07, 6.45) is 4.24. The van der Waals surface area contributed by atoms with Gasteiger partial charge in [0.1, 0.15) is 0 Å². The highest BCUT2D eigenvalue weighted by molar-refractivity contribution is 5.39. The third kappa shape index (κ3) is 3.60. The van der Waals surface area contributed by atoms with Crippen molar-refractivity contribution in [3.8, 4) is 0 Å². The van der Waals surface area contributed by atoms with Gasteiger partial charge in [0, 0.05) is 6.04 Å². The lowest BCUT2D eigenvalue weighted by molar-refractivity contribution is 0.439. The summed E-state index contributed by atoms with van der Waals surface area (Å²) in [6.45, 7) is 12.5. The minimum absolute atomic E-state index is 0.469. The SMILES string of the molecule is Cc1cc(C)c(C(C)NCC2CCC(C)C2)c(C)c1. The van der Waals surface area contributed by atoms with Crippen LogP contribution in [0.25, 0.3) is 0 Å². The molecule has 1 heteroatoms. The highest BCUT2D eigenvalue weighted by Gasteiger charge is 2.22. The Bertz CT molecular complexity index is 412. The summed E-state index contributed by atoms with van der Waals surface area (Å²) < 4.78 is 0. The quantitative estimate of drug-likeness (QED) is 0.826. The van der Waals surface area contributed by atoms with E-state index in [1.807, 2.05) is 0 Å². The first-order chi connectivity index (χ1) is 8.97. The van der Waals surface area contributed by atoms with Gasteiger partial charge in [-0.2, -0.15) is 0 Å². The Morgan fingerprint density at radius 1 is 1.16 bits per heavy atom. The second kappa shape index (κ2) is 6.09. The summed E-state index contributed by atoms with van der Waals surface area (Å²) in [4.78, 5) is 0. The topological polar surface area (TPSA) is 12.0 Å². The lowest BCUT2D eigenvalue weighted by Gasteiger charge is -2.22. The largest absolute Gasteiger partial charge is 0.310 e. The molecule has 1 nitrogen and oxygen atoms in total. The summed E-state index contributed by atoms with van der Waals surface area (Å²) in [5, 5.41) is 3.76. The van der Waals surface area contributed by atoms with Crippen molar-refractivity contribution in [2.24, 2.45) is 11.8 Å². The molecule has 1 saturated carbocycles. The Morgan fingerprint density at radius 2 is 1.79 bits per heavy atom. The molecule has 1 fully saturated rings. The number of hydrogen-bond donors (Lipinski definition) is 1. The monoisotopic (exact) mass is 259 g/mol. The summed E-state index contributed by atoms with van der Waals surface area (Å²) >= 11 is 0. The number of hydrogen-bond acceptors (Lipinski definition) is 1. The van der Waals surface area contributed by atoms with E-state index in [4.69, 9.17) is 0 Å². The van der Waals surface area contributed by atoms with Gasteiger partial charge in [-0.3, -0.25) is 0 Å². The molecular formula is C18H29N. The van der Waals surface area contributed by atoms with Crippen LogP contribution in [0.15, 0.2) is 12.1 Å². The van der Waals surface area contributed by atoms with Gasteiger partial charge in [0.25, 0.3) is 0 Å². The third-order valence-electron chi connectivity index (χ3n) is 4.69. The minimum atomic E-state index is 0.469. The molecule has 0 aromatic heterocycles. The Kier molecular flexibility index (Phi) is 4.67. The fourth-order valence-electron chi connectivity index (χ4n) is 3.83. The predicted molar refractivity (Wildman–Crippen MR) is 83.6 cm³/mol. The molecule has 3 unspecified atom stereocenters. The van der Waals surface area contributed by atoms with Crippen LogP contribution < -0.4 is 5.32 Å². The standard InChI is InChI=1S/C18H29N/c1-12-6-7-17(10-12)11-19-16(5)18-14(3)8-13(2)9-15(18)4/h8-9,12,16-17,19H,6-7,10-11H2,1-5H3. The van der Waals surface area contributed by atoms with Crippen LogP contribution in [0.1, 0.15) is 61.4 Å². The highest BCUT2D eigenvalue weighted by atomic mass is 14.9. The van der Waals surface area contributed by atoms with Gasteiger partial charge in [-0.05, 0) is 75.6 Å². The zero-order chi connectivity index (χ0) is 14.0. The van der Waals surface area contributed by atoms with Crippen molar-refractivity contribution < 1.29 is 0 Å². The third-order valence-corrected chi connectivity index (χ3v) is 4.69. The molecule has 0 saturated heterocycles. The van der Waals surface area contributed by atoms with Crippen molar-refractivity contribution in [3.63, 3.8) is 0 Å². The van der Waals surface area contributed by atoms with Gasteiger partial charge >= 0.3 is 0 Å². The zero-order valence-electron chi connectivity index (χ0n) is 13.2. The smallest absolute Gasteiger partial charge is 0.0297 e.